The zero-order chi connectivity index (χ0) is 14.9. The Morgan fingerprint density at radius 1 is 1.43 bits per heavy atom. The average Bonchev–Trinajstić information content (AvgIpc) is 3.20. The van der Waals surface area contributed by atoms with Crippen molar-refractivity contribution < 1.29 is 13.2 Å². The lowest BCUT2D eigenvalue weighted by atomic mass is 10.1. The summed E-state index contributed by atoms with van der Waals surface area (Å²) in [5.41, 5.74) is 11.9. The summed E-state index contributed by atoms with van der Waals surface area (Å²) in [5.74, 6) is -0.230. The Morgan fingerprint density at radius 3 is 2.57 bits per heavy atom. The number of nitrogens with one attached hydrogen (secondary N) is 1. The average molecular weight is 334 g/mol. The van der Waals surface area contributed by atoms with Crippen molar-refractivity contribution in [2.24, 2.45) is 17.4 Å². The summed E-state index contributed by atoms with van der Waals surface area (Å²) in [6, 6.07) is 4.15. The summed E-state index contributed by atoms with van der Waals surface area (Å²) in [6.45, 7) is 1.90. The van der Waals surface area contributed by atoms with Gasteiger partial charge in [-0.15, -0.1) is 12.4 Å². The molecule has 1 saturated carbocycles. The van der Waals surface area contributed by atoms with Crippen molar-refractivity contribution >= 4 is 28.3 Å². The zero-order valence-electron chi connectivity index (χ0n) is 11.7. The predicted molar refractivity (Wildman–Crippen MR) is 82.8 cm³/mol. The number of hydrogen-bond acceptors (Lipinski definition) is 4. The molecule has 0 aliphatic heterocycles. The molecule has 118 valence electrons. The number of nitrogens with two attached hydrogens (primary N) is 2. The number of amides is 1. The highest BCUT2D eigenvalue weighted by Gasteiger charge is 2.29. The van der Waals surface area contributed by atoms with Crippen molar-refractivity contribution in [1.82, 2.24) is 4.72 Å². The number of carbonyl (C=O) groups excluding carboxylic acids is 1. The van der Waals surface area contributed by atoms with Crippen LogP contribution in [-0.2, 0) is 10.0 Å². The van der Waals surface area contributed by atoms with Crippen LogP contribution in [0.3, 0.4) is 0 Å². The molecule has 8 heteroatoms. The molecule has 0 saturated heterocycles. The van der Waals surface area contributed by atoms with Crippen LogP contribution in [0.15, 0.2) is 23.1 Å². The van der Waals surface area contributed by atoms with E-state index in [1.807, 2.05) is 0 Å². The fraction of sp³-hybridized carbons (Fsp3) is 0.462. The molecule has 1 aromatic carbocycles. The second-order valence-corrected chi connectivity index (χ2v) is 6.96. The number of carbonyl (C=O) groups is 1. The van der Waals surface area contributed by atoms with E-state index in [1.165, 1.54) is 12.1 Å². The second-order valence-electron chi connectivity index (χ2n) is 5.19. The van der Waals surface area contributed by atoms with Crippen LogP contribution in [0.4, 0.5) is 0 Å². The molecule has 0 spiro atoms. The Kier molecular flexibility index (Phi) is 5.75. The highest BCUT2D eigenvalue weighted by atomic mass is 35.5. The predicted octanol–water partition coefficient (Wildman–Crippen LogP) is 0.531. The van der Waals surface area contributed by atoms with Gasteiger partial charge in [-0.25, -0.2) is 13.1 Å². The number of benzene rings is 1. The van der Waals surface area contributed by atoms with E-state index in [0.717, 1.165) is 12.8 Å². The van der Waals surface area contributed by atoms with Crippen LogP contribution < -0.4 is 16.2 Å². The molecular formula is C13H20ClN3O3S. The maximum Gasteiger partial charge on any atom is 0.249 e. The van der Waals surface area contributed by atoms with Gasteiger partial charge < -0.3 is 11.5 Å². The number of sulfonamides is 1. The third kappa shape index (κ3) is 4.41. The van der Waals surface area contributed by atoms with Crippen LogP contribution in [0.1, 0.15) is 28.8 Å². The van der Waals surface area contributed by atoms with Gasteiger partial charge in [0.15, 0.2) is 0 Å². The molecule has 5 N–H and O–H groups in total. The van der Waals surface area contributed by atoms with Crippen molar-refractivity contribution in [3.05, 3.63) is 29.3 Å². The molecule has 1 amide bonds. The quantitative estimate of drug-likeness (QED) is 0.704. The molecule has 0 aromatic heterocycles. The Labute approximate surface area is 130 Å². The summed E-state index contributed by atoms with van der Waals surface area (Å²) in [5, 5.41) is 0. The second kappa shape index (κ2) is 6.74. The van der Waals surface area contributed by atoms with Crippen LogP contribution >= 0.6 is 12.4 Å². The number of aryl methyl sites for hydroxylation is 1. The lowest BCUT2D eigenvalue weighted by Crippen LogP contribution is -2.38. The van der Waals surface area contributed by atoms with Gasteiger partial charge in [0.1, 0.15) is 0 Å². The van der Waals surface area contributed by atoms with E-state index in [2.05, 4.69) is 4.72 Å². The first-order valence-electron chi connectivity index (χ1n) is 6.47. The molecule has 1 fully saturated rings. The first-order chi connectivity index (χ1) is 9.31. The van der Waals surface area contributed by atoms with E-state index < -0.39 is 15.9 Å². The van der Waals surface area contributed by atoms with E-state index in [9.17, 15) is 13.2 Å². The fourth-order valence-corrected chi connectivity index (χ4v) is 3.11. The van der Waals surface area contributed by atoms with E-state index in [1.54, 1.807) is 13.0 Å². The molecule has 0 radical (unpaired) electrons. The van der Waals surface area contributed by atoms with Gasteiger partial charge in [0.2, 0.25) is 15.9 Å². The van der Waals surface area contributed by atoms with Crippen LogP contribution in [0.5, 0.6) is 0 Å². The topological polar surface area (TPSA) is 115 Å². The molecule has 1 atom stereocenters. The van der Waals surface area contributed by atoms with E-state index in [4.69, 9.17) is 11.5 Å². The number of primary amides is 1. The van der Waals surface area contributed by atoms with Crippen molar-refractivity contribution in [2.75, 3.05) is 6.54 Å². The Morgan fingerprint density at radius 2 is 2.05 bits per heavy atom. The van der Waals surface area contributed by atoms with Crippen LogP contribution in [0, 0.1) is 12.8 Å². The Bertz CT molecular complexity index is 630. The van der Waals surface area contributed by atoms with Crippen LogP contribution in [0.2, 0.25) is 0 Å². The number of rotatable bonds is 6. The molecular weight excluding hydrogens is 314 g/mol. The lowest BCUT2D eigenvalue weighted by molar-refractivity contribution is 0.0999. The van der Waals surface area contributed by atoms with E-state index in [0.29, 0.717) is 11.5 Å². The molecule has 1 aromatic rings. The highest BCUT2D eigenvalue weighted by Crippen LogP contribution is 2.31. The standard InChI is InChI=1S/C13H19N3O3S.ClH/c1-8-2-5-10(6-11(8)13(15)17)20(18,19)16-7-12(14)9-3-4-9;/h2,5-6,9,12,16H,3-4,7,14H2,1H3,(H2,15,17);1H. The minimum Gasteiger partial charge on any atom is -0.366 e. The third-order valence-electron chi connectivity index (χ3n) is 3.52. The van der Waals surface area contributed by atoms with Gasteiger partial charge in [0.25, 0.3) is 0 Å². The molecule has 1 unspecified atom stereocenters. The first-order valence-corrected chi connectivity index (χ1v) is 7.95. The van der Waals surface area contributed by atoms with Crippen LogP contribution in [-0.4, -0.2) is 26.9 Å². The van der Waals surface area contributed by atoms with Gasteiger partial charge in [-0.2, -0.15) is 0 Å². The van der Waals surface area contributed by atoms with Gasteiger partial charge in [0, 0.05) is 18.2 Å². The van der Waals surface area contributed by atoms with Gasteiger partial charge in [-0.3, -0.25) is 4.79 Å². The van der Waals surface area contributed by atoms with Gasteiger partial charge >= 0.3 is 0 Å². The van der Waals surface area contributed by atoms with Gasteiger partial charge in [-0.1, -0.05) is 6.07 Å². The largest absolute Gasteiger partial charge is 0.366 e. The zero-order valence-corrected chi connectivity index (χ0v) is 13.3. The minimum atomic E-state index is -3.67. The summed E-state index contributed by atoms with van der Waals surface area (Å²) >= 11 is 0. The highest BCUT2D eigenvalue weighted by molar-refractivity contribution is 7.89. The van der Waals surface area contributed by atoms with Crippen molar-refractivity contribution in [3.8, 4) is 0 Å². The fourth-order valence-electron chi connectivity index (χ4n) is 2.01. The lowest BCUT2D eigenvalue weighted by Gasteiger charge is -2.13. The molecule has 21 heavy (non-hydrogen) atoms. The molecule has 6 nitrogen and oxygen atoms in total. The molecule has 2 rings (SSSR count). The van der Waals surface area contributed by atoms with Crippen molar-refractivity contribution in [3.63, 3.8) is 0 Å². The molecule has 1 aliphatic carbocycles. The summed E-state index contributed by atoms with van der Waals surface area (Å²) in [6.07, 6.45) is 2.11. The first kappa shape index (κ1) is 17.9. The summed E-state index contributed by atoms with van der Waals surface area (Å²) < 4.78 is 26.8. The smallest absolute Gasteiger partial charge is 0.249 e. The SMILES string of the molecule is Cc1ccc(S(=O)(=O)NCC(N)C2CC2)cc1C(N)=O.Cl. The van der Waals surface area contributed by atoms with Crippen molar-refractivity contribution in [1.29, 1.82) is 0 Å². The normalized spacial score (nSPS) is 16.1. The van der Waals surface area contributed by atoms with Gasteiger partial charge in [-0.05, 0) is 43.4 Å². The maximum atomic E-state index is 12.1. The minimum absolute atomic E-state index is 0. The molecule has 0 heterocycles. The molecule has 1 aliphatic rings. The third-order valence-corrected chi connectivity index (χ3v) is 4.94. The monoisotopic (exact) mass is 333 g/mol. The summed E-state index contributed by atoms with van der Waals surface area (Å²) in [4.78, 5) is 11.3. The maximum absolute atomic E-state index is 12.1. The summed E-state index contributed by atoms with van der Waals surface area (Å²) in [7, 11) is -3.67. The van der Waals surface area contributed by atoms with Gasteiger partial charge in [0.05, 0.1) is 4.90 Å². The van der Waals surface area contributed by atoms with E-state index >= 15 is 0 Å². The Balaban J connectivity index is 0.00000220. The van der Waals surface area contributed by atoms with Crippen molar-refractivity contribution in [2.45, 2.75) is 30.7 Å². The number of halogens is 1. The number of hydrogen-bond donors (Lipinski definition) is 3. The van der Waals surface area contributed by atoms with E-state index in [-0.39, 0.29) is 35.5 Å². The Hall–Kier alpha value is -1.15. The molecule has 0 bridgehead atoms. The van der Waals surface area contributed by atoms with Crippen LogP contribution in [0.25, 0.3) is 0 Å².